The predicted octanol–water partition coefficient (Wildman–Crippen LogP) is 3.32. The Labute approximate surface area is 178 Å². The van der Waals surface area contributed by atoms with Crippen LogP contribution in [-0.2, 0) is 9.59 Å². The van der Waals surface area contributed by atoms with Crippen LogP contribution in [0.4, 0.5) is 5.69 Å². The summed E-state index contributed by atoms with van der Waals surface area (Å²) in [6, 6.07) is 7.83. The molecule has 2 aromatic heterocycles. The Morgan fingerprint density at radius 3 is 2.77 bits per heavy atom. The van der Waals surface area contributed by atoms with E-state index in [0.29, 0.717) is 16.1 Å². The van der Waals surface area contributed by atoms with E-state index < -0.39 is 5.92 Å². The summed E-state index contributed by atoms with van der Waals surface area (Å²) in [6.45, 7) is 8.30. The summed E-state index contributed by atoms with van der Waals surface area (Å²) in [5.41, 5.74) is 5.14. The van der Waals surface area contributed by atoms with Crippen molar-refractivity contribution in [2.24, 2.45) is 5.92 Å². The first-order valence-electron chi connectivity index (χ1n) is 9.94. The first-order chi connectivity index (χ1) is 14.3. The van der Waals surface area contributed by atoms with Crippen molar-refractivity contribution in [1.29, 1.82) is 0 Å². The average molecular weight is 425 g/mol. The highest BCUT2D eigenvalue weighted by Gasteiger charge is 2.35. The first kappa shape index (κ1) is 20.3. The zero-order chi connectivity index (χ0) is 21.6. The number of carbonyl (C=O) groups is 2. The monoisotopic (exact) mass is 424 g/mol. The van der Waals surface area contributed by atoms with Crippen LogP contribution in [0.15, 0.2) is 35.4 Å². The van der Waals surface area contributed by atoms with Crippen LogP contribution in [0.1, 0.15) is 42.2 Å². The van der Waals surface area contributed by atoms with Gasteiger partial charge in [-0.15, -0.1) is 11.3 Å². The van der Waals surface area contributed by atoms with E-state index in [0.717, 1.165) is 26.4 Å². The first-order valence-corrected chi connectivity index (χ1v) is 10.8. The number of amides is 2. The number of rotatable bonds is 4. The van der Waals surface area contributed by atoms with Gasteiger partial charge in [-0.1, -0.05) is 26.0 Å². The van der Waals surface area contributed by atoms with Gasteiger partial charge < -0.3 is 4.90 Å². The largest absolute Gasteiger partial charge is 0.312 e. The van der Waals surface area contributed by atoms with E-state index >= 15 is 0 Å². The zero-order valence-corrected chi connectivity index (χ0v) is 18.2. The molecule has 0 spiro atoms. The molecule has 0 aliphatic carbocycles. The van der Waals surface area contributed by atoms with E-state index in [1.807, 2.05) is 38.1 Å². The highest BCUT2D eigenvalue weighted by atomic mass is 32.1. The number of hydrogen-bond acceptors (Lipinski definition) is 5. The van der Waals surface area contributed by atoms with Gasteiger partial charge in [-0.2, -0.15) is 0 Å². The molecule has 0 radical (unpaired) electrons. The third-order valence-corrected chi connectivity index (χ3v) is 6.78. The molecule has 7 nitrogen and oxygen atoms in total. The van der Waals surface area contributed by atoms with Crippen LogP contribution in [0.5, 0.6) is 0 Å². The Balaban J connectivity index is 1.54. The van der Waals surface area contributed by atoms with E-state index in [2.05, 4.69) is 24.3 Å². The van der Waals surface area contributed by atoms with Crippen LogP contribution >= 0.6 is 11.3 Å². The lowest BCUT2D eigenvalue weighted by atomic mass is 10.0. The number of hydrogen-bond donors (Lipinski definition) is 1. The van der Waals surface area contributed by atoms with Crippen molar-refractivity contribution >= 4 is 39.1 Å². The molecule has 1 aliphatic rings. The number of thiophene rings is 1. The minimum absolute atomic E-state index is 0.0960. The van der Waals surface area contributed by atoms with Gasteiger partial charge in [-0.3, -0.25) is 19.8 Å². The molecule has 1 N–H and O–H groups in total. The fraction of sp³-hybridized carbons (Fsp3) is 0.364. The fourth-order valence-electron chi connectivity index (χ4n) is 3.71. The van der Waals surface area contributed by atoms with Crippen molar-refractivity contribution in [2.75, 3.05) is 16.9 Å². The van der Waals surface area contributed by atoms with Crippen LogP contribution in [0.2, 0.25) is 0 Å². The fourth-order valence-corrected chi connectivity index (χ4v) is 4.70. The molecule has 1 aliphatic heterocycles. The van der Waals surface area contributed by atoms with E-state index in [4.69, 9.17) is 0 Å². The molecular weight excluding hydrogens is 400 g/mol. The molecule has 0 saturated carbocycles. The molecule has 2 amide bonds. The quantitative estimate of drug-likeness (QED) is 0.696. The van der Waals surface area contributed by atoms with E-state index in [-0.39, 0.29) is 30.3 Å². The molecule has 1 saturated heterocycles. The molecule has 8 heteroatoms. The summed E-state index contributed by atoms with van der Waals surface area (Å²) in [6.07, 6.45) is 1.44. The summed E-state index contributed by atoms with van der Waals surface area (Å²) in [4.78, 5) is 45.8. The molecule has 1 aromatic carbocycles. The van der Waals surface area contributed by atoms with Crippen molar-refractivity contribution < 1.29 is 9.59 Å². The summed E-state index contributed by atoms with van der Waals surface area (Å²) in [5.74, 6) is -0.645. The smallest absolute Gasteiger partial charge is 0.281 e. The Morgan fingerprint density at radius 1 is 1.27 bits per heavy atom. The summed E-state index contributed by atoms with van der Waals surface area (Å²) < 4.78 is 1.12. The van der Waals surface area contributed by atoms with Gasteiger partial charge in [0.2, 0.25) is 11.8 Å². The van der Waals surface area contributed by atoms with E-state index in [1.165, 1.54) is 17.7 Å². The highest BCUT2D eigenvalue weighted by Crippen LogP contribution is 2.28. The van der Waals surface area contributed by atoms with Crippen molar-refractivity contribution in [3.8, 4) is 0 Å². The van der Waals surface area contributed by atoms with Crippen molar-refractivity contribution in [2.45, 2.75) is 40.0 Å². The Kier molecular flexibility index (Phi) is 5.19. The summed E-state index contributed by atoms with van der Waals surface area (Å²) in [5, 5.41) is 0.523. The molecule has 0 bridgehead atoms. The minimum atomic E-state index is -0.534. The molecule has 1 atom stereocenters. The number of carbonyl (C=O) groups excluding carboxylic acids is 2. The normalized spacial score (nSPS) is 16.6. The van der Waals surface area contributed by atoms with Gasteiger partial charge in [0.05, 0.1) is 11.3 Å². The number of anilines is 1. The third kappa shape index (κ3) is 3.52. The zero-order valence-electron chi connectivity index (χ0n) is 17.4. The molecular formula is C22H24N4O3S. The SMILES string of the molecule is Cc1sc2ncn(NC(=O)[C@@H]3CC(=O)N(c4cccc(C(C)C)c4)C3)c(=O)c2c1C. The van der Waals surface area contributed by atoms with Crippen LogP contribution < -0.4 is 15.9 Å². The molecule has 3 heterocycles. The van der Waals surface area contributed by atoms with Gasteiger partial charge in [0.15, 0.2) is 0 Å². The minimum Gasteiger partial charge on any atom is -0.312 e. The van der Waals surface area contributed by atoms with Gasteiger partial charge in [-0.05, 0) is 43.0 Å². The maximum atomic E-state index is 12.8. The molecule has 0 unspecified atom stereocenters. The lowest BCUT2D eigenvalue weighted by Gasteiger charge is -2.18. The Hall–Kier alpha value is -3.00. The number of benzene rings is 1. The predicted molar refractivity (Wildman–Crippen MR) is 119 cm³/mol. The summed E-state index contributed by atoms with van der Waals surface area (Å²) in [7, 11) is 0. The number of aromatic nitrogens is 2. The second-order valence-electron chi connectivity index (χ2n) is 8.01. The second kappa shape index (κ2) is 7.68. The van der Waals surface area contributed by atoms with Crippen LogP contribution in [0, 0.1) is 19.8 Å². The van der Waals surface area contributed by atoms with Crippen LogP contribution in [-0.4, -0.2) is 28.0 Å². The van der Waals surface area contributed by atoms with Crippen molar-refractivity contribution in [1.82, 2.24) is 9.66 Å². The van der Waals surface area contributed by atoms with Gasteiger partial charge in [0.1, 0.15) is 11.2 Å². The summed E-state index contributed by atoms with van der Waals surface area (Å²) >= 11 is 1.46. The molecule has 30 heavy (non-hydrogen) atoms. The number of fused-ring (bicyclic) bond motifs is 1. The molecule has 1 fully saturated rings. The van der Waals surface area contributed by atoms with E-state index in [9.17, 15) is 14.4 Å². The van der Waals surface area contributed by atoms with Crippen molar-refractivity contribution in [3.63, 3.8) is 0 Å². The second-order valence-corrected chi connectivity index (χ2v) is 9.22. The maximum absolute atomic E-state index is 12.8. The van der Waals surface area contributed by atoms with Crippen molar-refractivity contribution in [3.05, 3.63) is 57.0 Å². The Morgan fingerprint density at radius 2 is 2.03 bits per heavy atom. The Bertz CT molecular complexity index is 1210. The van der Waals surface area contributed by atoms with Gasteiger partial charge in [0.25, 0.3) is 5.56 Å². The third-order valence-electron chi connectivity index (χ3n) is 5.66. The maximum Gasteiger partial charge on any atom is 0.281 e. The van der Waals surface area contributed by atoms with Gasteiger partial charge >= 0.3 is 0 Å². The number of aryl methyl sites for hydroxylation is 2. The highest BCUT2D eigenvalue weighted by molar-refractivity contribution is 7.18. The average Bonchev–Trinajstić information content (AvgIpc) is 3.24. The van der Waals surface area contributed by atoms with Gasteiger partial charge in [0, 0.05) is 23.5 Å². The number of nitrogens with zero attached hydrogens (tertiary/aromatic N) is 3. The van der Waals surface area contributed by atoms with Crippen LogP contribution in [0.25, 0.3) is 10.2 Å². The van der Waals surface area contributed by atoms with Gasteiger partial charge in [-0.25, -0.2) is 9.66 Å². The molecule has 4 rings (SSSR count). The van der Waals surface area contributed by atoms with E-state index in [1.54, 1.807) is 4.90 Å². The van der Waals surface area contributed by atoms with Crippen LogP contribution in [0.3, 0.4) is 0 Å². The topological polar surface area (TPSA) is 84.3 Å². The molecule has 3 aromatic rings. The molecule has 156 valence electrons. The lowest BCUT2D eigenvalue weighted by Crippen LogP contribution is -2.37. The lowest BCUT2D eigenvalue weighted by molar-refractivity contribution is -0.123. The standard InChI is InChI=1S/C22H24N4O3S/c1-12(2)15-6-5-7-17(8-15)25-10-16(9-18(25)27)20(28)24-26-11-23-21-19(22(26)29)13(3)14(4)30-21/h5-8,11-12,16H,9-10H2,1-4H3,(H,24,28)/t16-/m1/s1. The number of nitrogens with one attached hydrogen (secondary N) is 1.